The summed E-state index contributed by atoms with van der Waals surface area (Å²) in [7, 11) is 0. The molecule has 2 heterocycles. The SMILES string of the molecule is CCn1c(C(C#N)N=O)nc2c(Cl)ncc(Br)c21. The van der Waals surface area contributed by atoms with Crippen LogP contribution in [0.5, 0.6) is 0 Å². The molecule has 0 aliphatic heterocycles. The van der Waals surface area contributed by atoms with Crippen molar-refractivity contribution in [2.45, 2.75) is 19.5 Å². The van der Waals surface area contributed by atoms with E-state index in [0.29, 0.717) is 22.1 Å². The van der Waals surface area contributed by atoms with Crippen molar-refractivity contribution in [2.24, 2.45) is 5.18 Å². The number of aryl methyl sites for hydroxylation is 1. The maximum absolute atomic E-state index is 10.7. The first kappa shape index (κ1) is 12.9. The standard InChI is InChI=1S/C10H7BrClN5O/c1-2-17-8-5(11)4-14-9(12)7(8)15-10(17)6(3-13)16-18/h4,6H,2H2,1H3. The highest BCUT2D eigenvalue weighted by Crippen LogP contribution is 2.31. The van der Waals surface area contributed by atoms with E-state index in [1.807, 2.05) is 6.92 Å². The summed E-state index contributed by atoms with van der Waals surface area (Å²) in [5, 5.41) is 11.9. The molecule has 0 aliphatic carbocycles. The first-order chi connectivity index (χ1) is 8.63. The third-order valence-electron chi connectivity index (χ3n) is 2.50. The zero-order valence-corrected chi connectivity index (χ0v) is 11.6. The Balaban J connectivity index is 2.85. The number of pyridine rings is 1. The number of imidazole rings is 1. The van der Waals surface area contributed by atoms with Crippen LogP contribution >= 0.6 is 27.5 Å². The van der Waals surface area contributed by atoms with Gasteiger partial charge in [0, 0.05) is 12.7 Å². The van der Waals surface area contributed by atoms with Crippen molar-refractivity contribution < 1.29 is 0 Å². The van der Waals surface area contributed by atoms with E-state index in [2.05, 4.69) is 31.1 Å². The minimum absolute atomic E-state index is 0.226. The molecule has 0 bridgehead atoms. The number of fused-ring (bicyclic) bond motifs is 1. The fourth-order valence-corrected chi connectivity index (χ4v) is 2.43. The predicted octanol–water partition coefficient (Wildman–Crippen LogP) is 3.20. The highest BCUT2D eigenvalue weighted by Gasteiger charge is 2.22. The van der Waals surface area contributed by atoms with Crippen molar-refractivity contribution in [1.29, 1.82) is 5.26 Å². The summed E-state index contributed by atoms with van der Waals surface area (Å²) in [6, 6.07) is 0.649. The highest BCUT2D eigenvalue weighted by atomic mass is 79.9. The molecule has 2 aromatic heterocycles. The van der Waals surface area contributed by atoms with Crippen molar-refractivity contribution in [3.05, 3.63) is 26.6 Å². The third kappa shape index (κ3) is 1.87. The molecule has 0 radical (unpaired) electrons. The second-order valence-electron chi connectivity index (χ2n) is 3.45. The van der Waals surface area contributed by atoms with Crippen LogP contribution in [0.2, 0.25) is 5.15 Å². The molecule has 0 fully saturated rings. The van der Waals surface area contributed by atoms with Gasteiger partial charge in [-0.1, -0.05) is 11.6 Å². The van der Waals surface area contributed by atoms with E-state index in [0.717, 1.165) is 0 Å². The average molecular weight is 329 g/mol. The molecule has 6 nitrogen and oxygen atoms in total. The Kier molecular flexibility index (Phi) is 3.59. The summed E-state index contributed by atoms with van der Waals surface area (Å²) >= 11 is 9.32. The Labute approximate surface area is 116 Å². The molecule has 0 N–H and O–H groups in total. The van der Waals surface area contributed by atoms with Gasteiger partial charge in [-0.05, 0) is 28.0 Å². The second-order valence-corrected chi connectivity index (χ2v) is 4.66. The summed E-state index contributed by atoms with van der Waals surface area (Å²) in [5.74, 6) is 0.278. The topological polar surface area (TPSA) is 83.9 Å². The number of nitroso groups, excluding NO2 is 1. The molecule has 0 amide bonds. The zero-order chi connectivity index (χ0) is 13.3. The van der Waals surface area contributed by atoms with Crippen molar-refractivity contribution in [3.8, 4) is 6.07 Å². The van der Waals surface area contributed by atoms with Gasteiger partial charge in [0.15, 0.2) is 11.0 Å². The molecule has 2 aromatic rings. The molecular formula is C10H7BrClN5O. The zero-order valence-electron chi connectivity index (χ0n) is 9.26. The minimum atomic E-state index is -1.15. The van der Waals surface area contributed by atoms with E-state index in [9.17, 15) is 4.91 Å². The van der Waals surface area contributed by atoms with E-state index in [1.54, 1.807) is 16.8 Å². The lowest BCUT2D eigenvalue weighted by Gasteiger charge is -2.06. The van der Waals surface area contributed by atoms with Gasteiger partial charge in [0.2, 0.25) is 6.04 Å². The molecule has 92 valence electrons. The molecule has 8 heteroatoms. The number of rotatable bonds is 3. The maximum atomic E-state index is 10.7. The number of hydrogen-bond donors (Lipinski definition) is 0. The lowest BCUT2D eigenvalue weighted by atomic mass is 10.3. The number of aromatic nitrogens is 3. The van der Waals surface area contributed by atoms with Crippen LogP contribution in [0.15, 0.2) is 15.8 Å². The van der Waals surface area contributed by atoms with E-state index in [-0.39, 0.29) is 11.0 Å². The van der Waals surface area contributed by atoms with Gasteiger partial charge in [-0.25, -0.2) is 9.97 Å². The van der Waals surface area contributed by atoms with Crippen molar-refractivity contribution >= 4 is 38.6 Å². The second kappa shape index (κ2) is 5.00. The molecule has 2 rings (SSSR count). The molecule has 1 atom stereocenters. The largest absolute Gasteiger partial charge is 0.324 e. The summed E-state index contributed by atoms with van der Waals surface area (Å²) in [4.78, 5) is 18.8. The van der Waals surface area contributed by atoms with Gasteiger partial charge in [-0.3, -0.25) is 0 Å². The van der Waals surface area contributed by atoms with Crippen LogP contribution in [0.1, 0.15) is 18.8 Å². The van der Waals surface area contributed by atoms with Gasteiger partial charge in [0.1, 0.15) is 11.6 Å². The number of halogens is 2. The lowest BCUT2D eigenvalue weighted by molar-refractivity contribution is 0.685. The Hall–Kier alpha value is -1.52. The van der Waals surface area contributed by atoms with Crippen LogP contribution in [0, 0.1) is 16.2 Å². The summed E-state index contributed by atoms with van der Waals surface area (Å²) < 4.78 is 2.42. The fourth-order valence-electron chi connectivity index (χ4n) is 1.75. The first-order valence-corrected chi connectivity index (χ1v) is 6.23. The Morgan fingerprint density at radius 3 is 3.00 bits per heavy atom. The highest BCUT2D eigenvalue weighted by molar-refractivity contribution is 9.10. The first-order valence-electron chi connectivity index (χ1n) is 5.06. The van der Waals surface area contributed by atoms with Crippen LogP contribution in [0.4, 0.5) is 0 Å². The van der Waals surface area contributed by atoms with Gasteiger partial charge in [-0.2, -0.15) is 5.26 Å². The van der Waals surface area contributed by atoms with Crippen LogP contribution in [-0.4, -0.2) is 14.5 Å². The maximum Gasteiger partial charge on any atom is 0.235 e. The van der Waals surface area contributed by atoms with E-state index >= 15 is 0 Å². The number of hydrogen-bond acceptors (Lipinski definition) is 5. The van der Waals surface area contributed by atoms with Crippen molar-refractivity contribution in [2.75, 3.05) is 0 Å². The Bertz CT molecular complexity index is 662. The fraction of sp³-hybridized carbons (Fsp3) is 0.300. The van der Waals surface area contributed by atoms with Crippen LogP contribution in [0.25, 0.3) is 11.0 Å². The van der Waals surface area contributed by atoms with E-state index < -0.39 is 6.04 Å². The molecule has 0 aromatic carbocycles. The lowest BCUT2D eigenvalue weighted by Crippen LogP contribution is -2.05. The quantitative estimate of drug-likeness (QED) is 0.639. The smallest absolute Gasteiger partial charge is 0.235 e. The van der Waals surface area contributed by atoms with Gasteiger partial charge in [0.05, 0.1) is 9.99 Å². The Morgan fingerprint density at radius 2 is 2.44 bits per heavy atom. The number of nitrogens with zero attached hydrogens (tertiary/aromatic N) is 5. The van der Waals surface area contributed by atoms with Crippen molar-refractivity contribution in [1.82, 2.24) is 14.5 Å². The Morgan fingerprint density at radius 1 is 1.72 bits per heavy atom. The molecule has 0 spiro atoms. The van der Waals surface area contributed by atoms with Gasteiger partial charge < -0.3 is 4.57 Å². The van der Waals surface area contributed by atoms with Crippen LogP contribution in [0.3, 0.4) is 0 Å². The van der Waals surface area contributed by atoms with Crippen LogP contribution in [-0.2, 0) is 6.54 Å². The predicted molar refractivity (Wildman–Crippen MR) is 70.1 cm³/mol. The average Bonchev–Trinajstić information content (AvgIpc) is 2.76. The monoisotopic (exact) mass is 327 g/mol. The summed E-state index contributed by atoms with van der Waals surface area (Å²) in [6.45, 7) is 2.42. The molecular weight excluding hydrogens is 322 g/mol. The minimum Gasteiger partial charge on any atom is -0.324 e. The molecule has 0 saturated heterocycles. The molecule has 1 unspecified atom stereocenters. The summed E-state index contributed by atoms with van der Waals surface area (Å²) in [5.41, 5.74) is 1.16. The molecule has 0 saturated carbocycles. The van der Waals surface area contributed by atoms with Crippen molar-refractivity contribution in [3.63, 3.8) is 0 Å². The van der Waals surface area contributed by atoms with E-state index in [1.165, 1.54) is 0 Å². The van der Waals surface area contributed by atoms with Gasteiger partial charge in [0.25, 0.3) is 0 Å². The summed E-state index contributed by atoms with van der Waals surface area (Å²) in [6.07, 6.45) is 1.55. The number of nitriles is 1. The normalized spacial score (nSPS) is 12.3. The third-order valence-corrected chi connectivity index (χ3v) is 3.36. The molecule has 0 aliphatic rings. The molecule has 18 heavy (non-hydrogen) atoms. The van der Waals surface area contributed by atoms with Gasteiger partial charge >= 0.3 is 0 Å². The van der Waals surface area contributed by atoms with Gasteiger partial charge in [-0.15, -0.1) is 4.91 Å². The van der Waals surface area contributed by atoms with Crippen LogP contribution < -0.4 is 0 Å². The van der Waals surface area contributed by atoms with E-state index in [4.69, 9.17) is 16.9 Å².